The fourth-order valence-corrected chi connectivity index (χ4v) is 3.13. The maximum absolute atomic E-state index is 11.9. The Hall–Kier alpha value is -3.25. The summed E-state index contributed by atoms with van der Waals surface area (Å²) in [4.78, 5) is 20.9. The number of aromatic nitrogens is 4. The van der Waals surface area contributed by atoms with Crippen LogP contribution >= 0.6 is 11.6 Å². The predicted octanol–water partition coefficient (Wildman–Crippen LogP) is 4.13. The maximum Gasteiger partial charge on any atom is 0.181 e. The monoisotopic (exact) mass is 363 g/mol. The van der Waals surface area contributed by atoms with Crippen molar-refractivity contribution in [1.82, 2.24) is 20.2 Å². The van der Waals surface area contributed by atoms with E-state index >= 15 is 0 Å². The number of nitrogen functional groups attached to an aromatic ring is 1. The quantitative estimate of drug-likeness (QED) is 0.533. The molecule has 0 bridgehead atoms. The second-order valence-corrected chi connectivity index (χ2v) is 6.28. The third-order valence-electron chi connectivity index (χ3n) is 4.08. The van der Waals surface area contributed by atoms with E-state index in [-0.39, 0.29) is 17.3 Å². The highest BCUT2D eigenvalue weighted by atomic mass is 35.5. The van der Waals surface area contributed by atoms with Gasteiger partial charge in [-0.15, -0.1) is 0 Å². The standard InChI is InChI=1S/C19H14ClN5O/c1-10(26)15-19(21)24-17(11-5-3-2-4-6-11)18(23-15)12-7-13-9-22-25-16(13)14(20)8-12/h2-9H,1H3,(H2,21,24)(H,22,25). The second-order valence-electron chi connectivity index (χ2n) is 5.87. The average molecular weight is 364 g/mol. The highest BCUT2D eigenvalue weighted by Gasteiger charge is 2.19. The number of fused-ring (bicyclic) bond motifs is 1. The van der Waals surface area contributed by atoms with E-state index in [1.54, 1.807) is 12.3 Å². The molecular weight excluding hydrogens is 350 g/mol. The minimum absolute atomic E-state index is 0.107. The molecule has 2 aromatic heterocycles. The van der Waals surface area contributed by atoms with E-state index in [1.807, 2.05) is 36.4 Å². The Balaban J connectivity index is 2.03. The van der Waals surface area contributed by atoms with Crippen LogP contribution in [-0.4, -0.2) is 25.9 Å². The number of carbonyl (C=O) groups excluding carboxylic acids is 1. The van der Waals surface area contributed by atoms with Gasteiger partial charge in [-0.05, 0) is 12.1 Å². The largest absolute Gasteiger partial charge is 0.382 e. The molecule has 0 aliphatic rings. The van der Waals surface area contributed by atoms with E-state index in [4.69, 9.17) is 17.3 Å². The molecule has 26 heavy (non-hydrogen) atoms. The molecule has 0 amide bonds. The van der Waals surface area contributed by atoms with Gasteiger partial charge in [0.25, 0.3) is 0 Å². The number of anilines is 1. The van der Waals surface area contributed by atoms with Crippen LogP contribution < -0.4 is 5.73 Å². The summed E-state index contributed by atoms with van der Waals surface area (Å²) in [5, 5.41) is 8.23. The van der Waals surface area contributed by atoms with Crippen molar-refractivity contribution < 1.29 is 4.79 Å². The van der Waals surface area contributed by atoms with E-state index in [0.717, 1.165) is 22.0 Å². The van der Waals surface area contributed by atoms with Crippen LogP contribution in [0.15, 0.2) is 48.7 Å². The number of rotatable bonds is 3. The van der Waals surface area contributed by atoms with Crippen LogP contribution in [-0.2, 0) is 0 Å². The van der Waals surface area contributed by atoms with Crippen molar-refractivity contribution in [1.29, 1.82) is 0 Å². The zero-order valence-electron chi connectivity index (χ0n) is 13.8. The van der Waals surface area contributed by atoms with E-state index in [0.29, 0.717) is 16.4 Å². The molecule has 0 saturated carbocycles. The van der Waals surface area contributed by atoms with E-state index in [1.165, 1.54) is 6.92 Å². The van der Waals surface area contributed by atoms with Gasteiger partial charge in [-0.1, -0.05) is 41.9 Å². The summed E-state index contributed by atoms with van der Waals surface area (Å²) >= 11 is 6.37. The molecule has 0 atom stereocenters. The molecule has 0 saturated heterocycles. The predicted molar refractivity (Wildman–Crippen MR) is 102 cm³/mol. The number of ketones is 1. The number of nitrogens with one attached hydrogen (secondary N) is 1. The minimum Gasteiger partial charge on any atom is -0.382 e. The second kappa shape index (κ2) is 6.24. The molecular formula is C19H14ClN5O. The van der Waals surface area contributed by atoms with Crippen LogP contribution in [0.4, 0.5) is 5.82 Å². The number of carbonyl (C=O) groups is 1. The topological polar surface area (TPSA) is 97.5 Å². The van der Waals surface area contributed by atoms with Crippen molar-refractivity contribution in [2.75, 3.05) is 5.73 Å². The number of Topliss-reactive ketones (excluding diaryl/α,β-unsaturated/α-hetero) is 1. The first-order chi connectivity index (χ1) is 12.5. The normalized spacial score (nSPS) is 11.0. The number of nitrogens with zero attached hydrogens (tertiary/aromatic N) is 3. The van der Waals surface area contributed by atoms with Crippen molar-refractivity contribution in [3.63, 3.8) is 0 Å². The van der Waals surface area contributed by atoms with Gasteiger partial charge in [0.15, 0.2) is 11.6 Å². The average Bonchev–Trinajstić information content (AvgIpc) is 3.11. The molecule has 0 radical (unpaired) electrons. The molecule has 4 rings (SSSR count). The van der Waals surface area contributed by atoms with Crippen molar-refractivity contribution in [2.24, 2.45) is 0 Å². The van der Waals surface area contributed by atoms with Gasteiger partial charge < -0.3 is 5.73 Å². The van der Waals surface area contributed by atoms with Crippen molar-refractivity contribution >= 4 is 34.1 Å². The number of H-pyrrole nitrogens is 1. The van der Waals surface area contributed by atoms with Crippen LogP contribution in [0.5, 0.6) is 0 Å². The first-order valence-corrected chi connectivity index (χ1v) is 8.29. The Labute approximate surface area is 154 Å². The SMILES string of the molecule is CC(=O)c1nc(-c2cc(Cl)c3[nH]ncc3c2)c(-c2ccccc2)nc1N. The smallest absolute Gasteiger partial charge is 0.181 e. The van der Waals surface area contributed by atoms with Gasteiger partial charge in [-0.3, -0.25) is 9.89 Å². The molecule has 4 aromatic rings. The van der Waals surface area contributed by atoms with Gasteiger partial charge in [0, 0.05) is 23.4 Å². The summed E-state index contributed by atoms with van der Waals surface area (Å²) in [5.41, 5.74) is 9.57. The zero-order valence-corrected chi connectivity index (χ0v) is 14.6. The van der Waals surface area contributed by atoms with E-state index in [9.17, 15) is 4.79 Å². The zero-order chi connectivity index (χ0) is 18.3. The van der Waals surface area contributed by atoms with Crippen LogP contribution in [0.25, 0.3) is 33.4 Å². The highest BCUT2D eigenvalue weighted by Crippen LogP contribution is 2.34. The number of benzene rings is 2. The Morgan fingerprint density at radius 2 is 1.81 bits per heavy atom. The third kappa shape index (κ3) is 2.70. The fourth-order valence-electron chi connectivity index (χ4n) is 2.86. The molecule has 6 nitrogen and oxygen atoms in total. The highest BCUT2D eigenvalue weighted by molar-refractivity contribution is 6.35. The summed E-state index contributed by atoms with van der Waals surface area (Å²) < 4.78 is 0. The van der Waals surface area contributed by atoms with Crippen LogP contribution in [0.3, 0.4) is 0 Å². The molecule has 0 fully saturated rings. The van der Waals surface area contributed by atoms with Crippen molar-refractivity contribution in [3.8, 4) is 22.5 Å². The number of halogens is 1. The number of hydrogen-bond donors (Lipinski definition) is 2. The number of aromatic amines is 1. The molecule has 7 heteroatoms. The van der Waals surface area contributed by atoms with Crippen LogP contribution in [0.2, 0.25) is 5.02 Å². The molecule has 0 spiro atoms. The summed E-state index contributed by atoms with van der Waals surface area (Å²) in [6.07, 6.45) is 1.68. The summed E-state index contributed by atoms with van der Waals surface area (Å²) in [6.45, 7) is 1.42. The lowest BCUT2D eigenvalue weighted by atomic mass is 10.0. The van der Waals surface area contributed by atoms with E-state index in [2.05, 4.69) is 20.2 Å². The summed E-state index contributed by atoms with van der Waals surface area (Å²) in [6, 6.07) is 13.2. The lowest BCUT2D eigenvalue weighted by Crippen LogP contribution is -2.08. The molecule has 2 aromatic carbocycles. The maximum atomic E-state index is 11.9. The Kier molecular flexibility index (Phi) is 3.89. The van der Waals surface area contributed by atoms with Crippen molar-refractivity contribution in [3.05, 3.63) is 59.4 Å². The minimum atomic E-state index is -0.244. The number of nitrogens with two attached hydrogens (primary N) is 1. The van der Waals surface area contributed by atoms with Gasteiger partial charge in [0.05, 0.1) is 28.1 Å². The summed E-state index contributed by atoms with van der Waals surface area (Å²) in [7, 11) is 0. The van der Waals surface area contributed by atoms with Gasteiger partial charge in [-0.25, -0.2) is 9.97 Å². The number of hydrogen-bond acceptors (Lipinski definition) is 5. The molecule has 2 heterocycles. The molecule has 128 valence electrons. The Bertz CT molecular complexity index is 1140. The van der Waals surface area contributed by atoms with Crippen LogP contribution in [0.1, 0.15) is 17.4 Å². The lowest BCUT2D eigenvalue weighted by Gasteiger charge is -2.12. The van der Waals surface area contributed by atoms with Crippen molar-refractivity contribution in [2.45, 2.75) is 6.92 Å². The summed E-state index contributed by atoms with van der Waals surface area (Å²) in [5.74, 6) is -0.137. The fraction of sp³-hybridized carbons (Fsp3) is 0.0526. The van der Waals surface area contributed by atoms with Gasteiger partial charge >= 0.3 is 0 Å². The molecule has 0 aliphatic carbocycles. The van der Waals surface area contributed by atoms with Gasteiger partial charge in [-0.2, -0.15) is 5.10 Å². The molecule has 0 unspecified atom stereocenters. The molecule has 3 N–H and O–H groups in total. The first-order valence-electron chi connectivity index (χ1n) is 7.91. The van der Waals surface area contributed by atoms with Gasteiger partial charge in [0.1, 0.15) is 5.69 Å². The third-order valence-corrected chi connectivity index (χ3v) is 4.38. The Morgan fingerprint density at radius 1 is 1.08 bits per heavy atom. The first kappa shape index (κ1) is 16.2. The van der Waals surface area contributed by atoms with Crippen LogP contribution in [0, 0.1) is 0 Å². The lowest BCUT2D eigenvalue weighted by molar-refractivity contribution is 0.101. The van der Waals surface area contributed by atoms with E-state index < -0.39 is 0 Å². The molecule has 0 aliphatic heterocycles. The Morgan fingerprint density at radius 3 is 2.54 bits per heavy atom. The van der Waals surface area contributed by atoms with Gasteiger partial charge in [0.2, 0.25) is 0 Å².